The molecule has 1 aliphatic heterocycles. The minimum atomic E-state index is 0.598. The van der Waals surface area contributed by atoms with Crippen LogP contribution in [-0.4, -0.2) is 30.6 Å². The topological polar surface area (TPSA) is 12.5 Å². The first-order valence-corrected chi connectivity index (χ1v) is 9.35. The molecule has 1 fully saturated rings. The van der Waals surface area contributed by atoms with Crippen LogP contribution in [0.4, 0.5) is 0 Å². The lowest BCUT2D eigenvalue weighted by molar-refractivity contribution is 0.171. The van der Waals surface area contributed by atoms with Crippen molar-refractivity contribution in [1.29, 1.82) is 0 Å². The molecule has 0 aliphatic carbocycles. The summed E-state index contributed by atoms with van der Waals surface area (Å²) in [5.41, 5.74) is 2.68. The van der Waals surface area contributed by atoms with Crippen LogP contribution in [0, 0.1) is 0 Å². The average molecular weight is 323 g/mol. The lowest BCUT2D eigenvalue weighted by Crippen LogP contribution is -2.34. The van der Waals surface area contributed by atoms with Gasteiger partial charge in [-0.05, 0) is 62.0 Å². The summed E-state index contributed by atoms with van der Waals surface area (Å²) in [7, 11) is 0. The maximum atomic E-state index is 6.06. The Morgan fingerprint density at radius 2 is 1.75 bits per heavy atom. The number of hydrogen-bond donors (Lipinski definition) is 0. The molecule has 1 saturated heterocycles. The first-order valence-electron chi connectivity index (χ1n) is 9.35. The summed E-state index contributed by atoms with van der Waals surface area (Å²) in [5, 5.41) is 0. The van der Waals surface area contributed by atoms with Crippen molar-refractivity contribution >= 4 is 0 Å². The summed E-state index contributed by atoms with van der Waals surface area (Å²) in [5.74, 6) is 0.995. The summed E-state index contributed by atoms with van der Waals surface area (Å²) < 4.78 is 6.06. The van der Waals surface area contributed by atoms with Gasteiger partial charge >= 0.3 is 0 Å². The third-order valence-electron chi connectivity index (χ3n) is 4.91. The molecule has 0 unspecified atom stereocenters. The van der Waals surface area contributed by atoms with E-state index in [1.165, 1.54) is 49.9 Å². The molecule has 0 amide bonds. The summed E-state index contributed by atoms with van der Waals surface area (Å²) in [4.78, 5) is 2.60. The third kappa shape index (κ3) is 4.85. The van der Waals surface area contributed by atoms with Crippen LogP contribution in [0.1, 0.15) is 43.7 Å². The average Bonchev–Trinajstić information content (AvgIpc) is 3.07. The van der Waals surface area contributed by atoms with Crippen LogP contribution < -0.4 is 4.74 Å². The highest BCUT2D eigenvalue weighted by atomic mass is 16.5. The van der Waals surface area contributed by atoms with E-state index in [9.17, 15) is 0 Å². The predicted octanol–water partition coefficient (Wildman–Crippen LogP) is 4.92. The number of unbranched alkanes of at least 4 members (excludes halogenated alkanes) is 1. The molecule has 0 aromatic heterocycles. The van der Waals surface area contributed by atoms with E-state index in [2.05, 4.69) is 66.4 Å². The molecule has 2 aromatic carbocycles. The maximum absolute atomic E-state index is 6.06. The Kier molecular flexibility index (Phi) is 6.31. The molecule has 0 bridgehead atoms. The second kappa shape index (κ2) is 8.89. The van der Waals surface area contributed by atoms with Crippen molar-refractivity contribution in [3.63, 3.8) is 0 Å². The second-order valence-electron chi connectivity index (χ2n) is 6.80. The van der Waals surface area contributed by atoms with E-state index in [-0.39, 0.29) is 0 Å². The van der Waals surface area contributed by atoms with Gasteiger partial charge in [-0.25, -0.2) is 0 Å². The lowest BCUT2D eigenvalue weighted by atomic mass is 10.1. The highest BCUT2D eigenvalue weighted by Gasteiger charge is 2.24. The molecule has 2 heteroatoms. The number of ether oxygens (including phenoxy) is 1. The largest absolute Gasteiger partial charge is 0.492 e. The van der Waals surface area contributed by atoms with Gasteiger partial charge in [-0.2, -0.15) is 0 Å². The Morgan fingerprint density at radius 3 is 2.50 bits per heavy atom. The SMILES string of the molecule is CCCCN1CCC[C@H]1COc1ccc(Cc2ccccc2)cc1. The summed E-state index contributed by atoms with van der Waals surface area (Å²) >= 11 is 0. The van der Waals surface area contributed by atoms with E-state index >= 15 is 0 Å². The Morgan fingerprint density at radius 1 is 1.00 bits per heavy atom. The van der Waals surface area contributed by atoms with Gasteiger partial charge in [0.2, 0.25) is 0 Å². The van der Waals surface area contributed by atoms with Crippen LogP contribution >= 0.6 is 0 Å². The normalized spacial score (nSPS) is 18.0. The Balaban J connectivity index is 1.49. The molecular formula is C22H29NO. The van der Waals surface area contributed by atoms with Crippen LogP contribution in [0.3, 0.4) is 0 Å². The molecule has 2 nitrogen and oxygen atoms in total. The van der Waals surface area contributed by atoms with Gasteiger partial charge in [0.1, 0.15) is 12.4 Å². The Labute approximate surface area is 146 Å². The second-order valence-corrected chi connectivity index (χ2v) is 6.80. The minimum absolute atomic E-state index is 0.598. The van der Waals surface area contributed by atoms with Crippen LogP contribution in [0.2, 0.25) is 0 Å². The standard InChI is InChI=1S/C22H29NO/c1-2-3-15-23-16-7-10-21(23)18-24-22-13-11-20(12-14-22)17-19-8-5-4-6-9-19/h4-6,8-9,11-14,21H,2-3,7,10,15-18H2,1H3/t21-/m0/s1. The number of likely N-dealkylation sites (tertiary alicyclic amines) is 1. The molecular weight excluding hydrogens is 294 g/mol. The van der Waals surface area contributed by atoms with Gasteiger partial charge in [0.15, 0.2) is 0 Å². The summed E-state index contributed by atoms with van der Waals surface area (Å²) in [6, 6.07) is 19.8. The van der Waals surface area contributed by atoms with E-state index in [0.717, 1.165) is 18.8 Å². The molecule has 0 radical (unpaired) electrons. The fourth-order valence-electron chi connectivity index (χ4n) is 3.47. The number of hydrogen-bond acceptors (Lipinski definition) is 2. The van der Waals surface area contributed by atoms with Crippen LogP contribution in [0.5, 0.6) is 5.75 Å². The number of nitrogens with zero attached hydrogens (tertiary/aromatic N) is 1. The van der Waals surface area contributed by atoms with Crippen molar-refractivity contribution in [2.75, 3.05) is 19.7 Å². The van der Waals surface area contributed by atoms with E-state index in [1.54, 1.807) is 0 Å². The molecule has 0 N–H and O–H groups in total. The van der Waals surface area contributed by atoms with E-state index in [4.69, 9.17) is 4.74 Å². The zero-order valence-electron chi connectivity index (χ0n) is 14.8. The van der Waals surface area contributed by atoms with E-state index < -0.39 is 0 Å². The molecule has 128 valence electrons. The van der Waals surface area contributed by atoms with Crippen molar-refractivity contribution in [2.45, 2.75) is 45.1 Å². The van der Waals surface area contributed by atoms with Gasteiger partial charge < -0.3 is 4.74 Å². The van der Waals surface area contributed by atoms with Gasteiger partial charge in [-0.15, -0.1) is 0 Å². The van der Waals surface area contributed by atoms with Crippen LogP contribution in [0.15, 0.2) is 54.6 Å². The van der Waals surface area contributed by atoms with Gasteiger partial charge in [0.05, 0.1) is 0 Å². The Hall–Kier alpha value is -1.80. The smallest absolute Gasteiger partial charge is 0.119 e. The van der Waals surface area contributed by atoms with E-state index in [1.807, 2.05) is 0 Å². The lowest BCUT2D eigenvalue weighted by Gasteiger charge is -2.24. The monoisotopic (exact) mass is 323 g/mol. The van der Waals surface area contributed by atoms with Crippen molar-refractivity contribution < 1.29 is 4.74 Å². The molecule has 1 heterocycles. The molecule has 0 saturated carbocycles. The molecule has 2 aromatic rings. The van der Waals surface area contributed by atoms with E-state index in [0.29, 0.717) is 6.04 Å². The number of rotatable bonds is 8. The van der Waals surface area contributed by atoms with Crippen LogP contribution in [0.25, 0.3) is 0 Å². The molecule has 0 spiro atoms. The summed E-state index contributed by atoms with van der Waals surface area (Å²) in [6.07, 6.45) is 6.13. The quantitative estimate of drug-likeness (QED) is 0.683. The Bertz CT molecular complexity index is 593. The minimum Gasteiger partial charge on any atom is -0.492 e. The molecule has 24 heavy (non-hydrogen) atoms. The van der Waals surface area contributed by atoms with Gasteiger partial charge in [-0.3, -0.25) is 4.90 Å². The highest BCUT2D eigenvalue weighted by Crippen LogP contribution is 2.20. The van der Waals surface area contributed by atoms with Crippen molar-refractivity contribution in [3.8, 4) is 5.75 Å². The maximum Gasteiger partial charge on any atom is 0.119 e. The van der Waals surface area contributed by atoms with Gasteiger partial charge in [0, 0.05) is 6.04 Å². The van der Waals surface area contributed by atoms with Crippen LogP contribution in [-0.2, 0) is 6.42 Å². The first-order chi connectivity index (χ1) is 11.8. The third-order valence-corrected chi connectivity index (χ3v) is 4.91. The highest BCUT2D eigenvalue weighted by molar-refractivity contribution is 5.31. The van der Waals surface area contributed by atoms with Crippen molar-refractivity contribution in [3.05, 3.63) is 65.7 Å². The fourth-order valence-corrected chi connectivity index (χ4v) is 3.47. The molecule has 3 rings (SSSR count). The van der Waals surface area contributed by atoms with Crippen molar-refractivity contribution in [2.24, 2.45) is 0 Å². The summed E-state index contributed by atoms with van der Waals surface area (Å²) in [6.45, 7) is 5.55. The first kappa shape index (κ1) is 17.0. The zero-order chi connectivity index (χ0) is 16.6. The number of benzene rings is 2. The fraction of sp³-hybridized carbons (Fsp3) is 0.455. The predicted molar refractivity (Wildman–Crippen MR) is 101 cm³/mol. The molecule has 1 aliphatic rings. The van der Waals surface area contributed by atoms with Gasteiger partial charge in [0.25, 0.3) is 0 Å². The zero-order valence-corrected chi connectivity index (χ0v) is 14.8. The van der Waals surface area contributed by atoms with Gasteiger partial charge in [-0.1, -0.05) is 55.8 Å². The molecule has 1 atom stereocenters. The van der Waals surface area contributed by atoms with Crippen molar-refractivity contribution in [1.82, 2.24) is 4.90 Å².